The molecular weight excluding hydrogens is 264 g/mol. The minimum Gasteiger partial charge on any atom is -0.373 e. The van der Waals surface area contributed by atoms with Crippen LogP contribution in [0.15, 0.2) is 25.3 Å². The van der Waals surface area contributed by atoms with Crippen LogP contribution in [0.2, 0.25) is 0 Å². The topological polar surface area (TPSA) is 127 Å². The molecule has 8 nitrogen and oxygen atoms in total. The molecule has 0 amide bonds. The first-order valence-electron chi connectivity index (χ1n) is 3.58. The van der Waals surface area contributed by atoms with Crippen molar-refractivity contribution in [1.82, 2.24) is 0 Å². The first-order chi connectivity index (χ1) is 7.12. The Kier molecular flexibility index (Phi) is 9.22. The fraction of sp³-hybridized carbons (Fsp3) is 0.333. The van der Waals surface area contributed by atoms with Gasteiger partial charge in [0, 0.05) is 0 Å². The van der Waals surface area contributed by atoms with Crippen molar-refractivity contribution in [1.29, 1.82) is 0 Å². The molecule has 0 aliphatic heterocycles. The van der Waals surface area contributed by atoms with Crippen molar-refractivity contribution in [3.8, 4) is 0 Å². The molecule has 0 aromatic heterocycles. The van der Waals surface area contributed by atoms with Gasteiger partial charge in [-0.3, -0.25) is 9.11 Å². The average Bonchev–Trinajstić information content (AvgIpc) is 1.99. The van der Waals surface area contributed by atoms with E-state index in [2.05, 4.69) is 16.8 Å². The number of ether oxygens (including phenoxy) is 1. The van der Waals surface area contributed by atoms with E-state index in [1.165, 1.54) is 0 Å². The zero-order valence-electron chi connectivity index (χ0n) is 8.14. The molecule has 2 N–H and O–H groups in total. The molecule has 0 bridgehead atoms. The van der Waals surface area contributed by atoms with Gasteiger partial charge in [0.15, 0.2) is 0 Å². The summed E-state index contributed by atoms with van der Waals surface area (Å²) in [5, 5.41) is 0. The van der Waals surface area contributed by atoms with E-state index in [1.807, 2.05) is 0 Å². The quantitative estimate of drug-likeness (QED) is 0.393. The molecule has 0 heterocycles. The van der Waals surface area contributed by atoms with E-state index in [-0.39, 0.29) is 0 Å². The maximum atomic E-state index is 9.44. The molecule has 0 unspecified atom stereocenters. The molecule has 0 saturated carbocycles. The van der Waals surface area contributed by atoms with Gasteiger partial charge in [-0.15, -0.1) is 16.8 Å². The van der Waals surface area contributed by atoms with Crippen molar-refractivity contribution < 1.29 is 34.3 Å². The molecule has 0 aliphatic carbocycles. The van der Waals surface area contributed by atoms with Crippen LogP contribution in [0, 0.1) is 0 Å². The van der Waals surface area contributed by atoms with E-state index in [9.17, 15) is 16.8 Å². The van der Waals surface area contributed by atoms with Crippen molar-refractivity contribution in [3.63, 3.8) is 0 Å². The second-order valence-electron chi connectivity index (χ2n) is 2.04. The Morgan fingerprint density at radius 1 is 0.938 bits per heavy atom. The molecule has 96 valence electrons. The van der Waals surface area contributed by atoms with Crippen molar-refractivity contribution in [3.05, 3.63) is 25.3 Å². The van der Waals surface area contributed by atoms with Crippen LogP contribution < -0.4 is 0 Å². The summed E-state index contributed by atoms with van der Waals surface area (Å²) in [6, 6.07) is 0. The maximum Gasteiger partial charge on any atom is 0.413 e. The van der Waals surface area contributed by atoms with Crippen molar-refractivity contribution in [2.24, 2.45) is 0 Å². The normalized spacial score (nSPS) is 11.1. The third-order valence-corrected chi connectivity index (χ3v) is 2.02. The largest absolute Gasteiger partial charge is 0.413 e. The zero-order chi connectivity index (χ0) is 13.2. The second kappa shape index (κ2) is 8.38. The van der Waals surface area contributed by atoms with Crippen LogP contribution in [0.3, 0.4) is 0 Å². The lowest BCUT2D eigenvalue weighted by molar-refractivity contribution is 0.194. The molecule has 0 saturated heterocycles. The zero-order valence-corrected chi connectivity index (χ0v) is 9.78. The molecule has 0 rings (SSSR count). The number of hydrogen-bond acceptors (Lipinski definition) is 6. The minimum absolute atomic E-state index is 0.617. The smallest absolute Gasteiger partial charge is 0.373 e. The summed E-state index contributed by atoms with van der Waals surface area (Å²) >= 11 is 0. The molecule has 0 atom stereocenters. The first kappa shape index (κ1) is 17.6. The Bertz CT molecular complexity index is 354. The Morgan fingerprint density at radius 3 is 1.38 bits per heavy atom. The first-order valence-corrected chi connectivity index (χ1v) is 6.31. The standard InChI is InChI=1S/C6H10O.H2O7S2/c1-3-5-7-6-4-2;1-8(2,3)7-9(4,5)6/h3-4H,1-2,5-6H2;(H,1,2,3)(H,4,5,6). The highest BCUT2D eigenvalue weighted by Gasteiger charge is 2.15. The van der Waals surface area contributed by atoms with Gasteiger partial charge in [0.05, 0.1) is 13.2 Å². The third kappa shape index (κ3) is 23.2. The van der Waals surface area contributed by atoms with E-state index in [0.717, 1.165) is 0 Å². The maximum absolute atomic E-state index is 9.44. The summed E-state index contributed by atoms with van der Waals surface area (Å²) in [7, 11) is -10.2. The van der Waals surface area contributed by atoms with Crippen molar-refractivity contribution in [2.75, 3.05) is 13.2 Å². The molecule has 0 spiro atoms. The van der Waals surface area contributed by atoms with Gasteiger partial charge in [-0.1, -0.05) is 12.2 Å². The Labute approximate surface area is 94.1 Å². The molecule has 0 aliphatic rings. The highest BCUT2D eigenvalue weighted by Crippen LogP contribution is 1.91. The monoisotopic (exact) mass is 276 g/mol. The molecule has 0 aromatic carbocycles. The summed E-state index contributed by atoms with van der Waals surface area (Å²) in [5.74, 6) is 0. The lowest BCUT2D eigenvalue weighted by Gasteiger charge is -1.89. The highest BCUT2D eigenvalue weighted by molar-refractivity contribution is 7.94. The Morgan fingerprint density at radius 2 is 1.25 bits per heavy atom. The number of rotatable bonds is 6. The van der Waals surface area contributed by atoms with Gasteiger partial charge >= 0.3 is 20.8 Å². The van der Waals surface area contributed by atoms with Crippen LogP contribution in [-0.4, -0.2) is 39.2 Å². The molecule has 10 heteroatoms. The summed E-state index contributed by atoms with van der Waals surface area (Å²) in [6.07, 6.45) is 3.42. The Balaban J connectivity index is 0. The van der Waals surface area contributed by atoms with Crippen LogP contribution >= 0.6 is 0 Å². The van der Waals surface area contributed by atoms with Crippen LogP contribution in [0.1, 0.15) is 0 Å². The van der Waals surface area contributed by atoms with Crippen LogP contribution in [0.4, 0.5) is 0 Å². The Hall–Kier alpha value is -0.780. The molecular formula is C6H12O8S2. The van der Waals surface area contributed by atoms with Crippen LogP contribution in [0.25, 0.3) is 0 Å². The summed E-state index contributed by atoms with van der Waals surface area (Å²) in [5.41, 5.74) is 0. The van der Waals surface area contributed by atoms with E-state index in [4.69, 9.17) is 13.8 Å². The molecule has 16 heavy (non-hydrogen) atoms. The summed E-state index contributed by atoms with van der Waals surface area (Å²) in [4.78, 5) is 0. The SMILES string of the molecule is C=CCOCC=C.O=S(=O)(O)OS(=O)(=O)O. The molecule has 0 radical (unpaired) electrons. The van der Waals surface area contributed by atoms with E-state index >= 15 is 0 Å². The highest BCUT2D eigenvalue weighted by atomic mass is 32.3. The van der Waals surface area contributed by atoms with Gasteiger partial charge in [0.25, 0.3) is 0 Å². The van der Waals surface area contributed by atoms with Crippen molar-refractivity contribution in [2.45, 2.75) is 0 Å². The number of hydrogen-bond donors (Lipinski definition) is 2. The lowest BCUT2D eigenvalue weighted by Crippen LogP contribution is -2.10. The third-order valence-electron chi connectivity index (χ3n) is 0.643. The van der Waals surface area contributed by atoms with Gasteiger partial charge in [0.2, 0.25) is 0 Å². The van der Waals surface area contributed by atoms with Gasteiger partial charge in [-0.25, -0.2) is 0 Å². The minimum atomic E-state index is -5.12. The van der Waals surface area contributed by atoms with Crippen molar-refractivity contribution >= 4 is 20.8 Å². The van der Waals surface area contributed by atoms with E-state index < -0.39 is 20.8 Å². The van der Waals surface area contributed by atoms with E-state index in [1.54, 1.807) is 12.2 Å². The van der Waals surface area contributed by atoms with Crippen LogP contribution in [-0.2, 0) is 29.2 Å². The predicted octanol–water partition coefficient (Wildman–Crippen LogP) is -0.0164. The van der Waals surface area contributed by atoms with Crippen LogP contribution in [0.5, 0.6) is 0 Å². The van der Waals surface area contributed by atoms with Gasteiger partial charge < -0.3 is 4.74 Å². The fourth-order valence-electron chi connectivity index (χ4n) is 0.343. The molecule has 0 fully saturated rings. The fourth-order valence-corrected chi connectivity index (χ4v) is 1.21. The average molecular weight is 276 g/mol. The predicted molar refractivity (Wildman–Crippen MR) is 55.4 cm³/mol. The summed E-state index contributed by atoms with van der Waals surface area (Å²) < 4.78 is 60.5. The van der Waals surface area contributed by atoms with Gasteiger partial charge in [-0.2, -0.15) is 16.8 Å². The second-order valence-corrected chi connectivity index (χ2v) is 4.29. The molecule has 0 aromatic rings. The van der Waals surface area contributed by atoms with Gasteiger partial charge in [-0.05, 0) is 0 Å². The lowest BCUT2D eigenvalue weighted by atomic mass is 10.6. The summed E-state index contributed by atoms with van der Waals surface area (Å²) in [6.45, 7) is 8.18. The van der Waals surface area contributed by atoms with Gasteiger partial charge in [0.1, 0.15) is 0 Å². The van der Waals surface area contributed by atoms with E-state index in [0.29, 0.717) is 13.2 Å².